The molecule has 26 heavy (non-hydrogen) atoms. The maximum atomic E-state index is 14.4. The monoisotopic (exact) mass is 354 g/mol. The van der Waals surface area contributed by atoms with E-state index in [0.717, 1.165) is 0 Å². The number of fused-ring (bicyclic) bond motifs is 1. The zero-order valence-corrected chi connectivity index (χ0v) is 14.1. The largest absolute Gasteiger partial charge is 0.382 e. The summed E-state index contributed by atoms with van der Waals surface area (Å²) in [5, 5.41) is 13.8. The van der Waals surface area contributed by atoms with E-state index in [1.165, 1.54) is 42.6 Å². The van der Waals surface area contributed by atoms with Gasteiger partial charge in [0.15, 0.2) is 0 Å². The van der Waals surface area contributed by atoms with E-state index in [4.69, 9.17) is 0 Å². The number of anilines is 1. The maximum Gasteiger partial charge on any atom is 0.275 e. The summed E-state index contributed by atoms with van der Waals surface area (Å²) >= 11 is 0. The number of nitrogens with one attached hydrogen (secondary N) is 1. The van der Waals surface area contributed by atoms with Gasteiger partial charge in [0.2, 0.25) is 0 Å². The van der Waals surface area contributed by atoms with Crippen molar-refractivity contribution >= 4 is 23.0 Å². The molecule has 1 N–H and O–H groups in total. The highest BCUT2D eigenvalue weighted by atomic mass is 19.1. The number of aliphatic imine (C=N–C) groups is 1. The first-order chi connectivity index (χ1) is 12.4. The molecule has 132 valence electrons. The quantitative estimate of drug-likeness (QED) is 0.521. The fourth-order valence-electron chi connectivity index (χ4n) is 2.56. The third kappa shape index (κ3) is 3.30. The standard InChI is InChI=1S/C18H15FN4O3/c1-22(2)10-16-18(24)21-15-8-7-11(23(25)26)9-13(15)17(20-16)12-5-3-4-6-14(12)19/h3-10H,1-2H3,(H,21,24). The second-order valence-electron chi connectivity index (χ2n) is 5.86. The van der Waals surface area contributed by atoms with Crippen LogP contribution in [0.25, 0.3) is 0 Å². The second kappa shape index (κ2) is 6.75. The highest BCUT2D eigenvalue weighted by molar-refractivity contribution is 6.22. The van der Waals surface area contributed by atoms with Crippen LogP contribution >= 0.6 is 0 Å². The molecule has 0 aromatic heterocycles. The van der Waals surface area contributed by atoms with E-state index >= 15 is 0 Å². The van der Waals surface area contributed by atoms with Crippen molar-refractivity contribution in [2.45, 2.75) is 0 Å². The minimum atomic E-state index is -0.553. The van der Waals surface area contributed by atoms with Gasteiger partial charge in [0.05, 0.1) is 16.3 Å². The lowest BCUT2D eigenvalue weighted by Gasteiger charge is -2.10. The molecule has 0 fully saturated rings. The van der Waals surface area contributed by atoms with Gasteiger partial charge in [-0.2, -0.15) is 0 Å². The average Bonchev–Trinajstić information content (AvgIpc) is 2.71. The molecule has 2 aromatic rings. The Morgan fingerprint density at radius 1 is 1.19 bits per heavy atom. The van der Waals surface area contributed by atoms with Crippen molar-refractivity contribution < 1.29 is 14.1 Å². The first kappa shape index (κ1) is 17.3. The summed E-state index contributed by atoms with van der Waals surface area (Å²) in [5.41, 5.74) is 0.780. The van der Waals surface area contributed by atoms with Crippen molar-refractivity contribution in [1.82, 2.24) is 4.90 Å². The number of carbonyl (C=O) groups excluding carboxylic acids is 1. The Labute approximate surface area is 148 Å². The number of nitro groups is 1. The van der Waals surface area contributed by atoms with Crippen LogP contribution in [-0.4, -0.2) is 35.5 Å². The van der Waals surface area contributed by atoms with Crippen molar-refractivity contribution in [2.75, 3.05) is 19.4 Å². The van der Waals surface area contributed by atoms with E-state index in [0.29, 0.717) is 5.69 Å². The molecule has 1 aliphatic rings. The topological polar surface area (TPSA) is 87.8 Å². The molecule has 8 heteroatoms. The van der Waals surface area contributed by atoms with Crippen molar-refractivity contribution in [3.63, 3.8) is 0 Å². The predicted octanol–water partition coefficient (Wildman–Crippen LogP) is 2.93. The first-order valence-electron chi connectivity index (χ1n) is 7.69. The van der Waals surface area contributed by atoms with Crippen LogP contribution in [0.4, 0.5) is 15.8 Å². The van der Waals surface area contributed by atoms with Gasteiger partial charge in [0.25, 0.3) is 11.6 Å². The molecule has 1 amide bonds. The van der Waals surface area contributed by atoms with Gasteiger partial charge in [-0.1, -0.05) is 12.1 Å². The number of amides is 1. The zero-order valence-electron chi connectivity index (χ0n) is 14.1. The molecule has 0 aliphatic carbocycles. The minimum absolute atomic E-state index is 0.0621. The lowest BCUT2D eigenvalue weighted by atomic mass is 9.99. The van der Waals surface area contributed by atoms with Gasteiger partial charge >= 0.3 is 0 Å². The molecule has 1 aliphatic heterocycles. The minimum Gasteiger partial charge on any atom is -0.382 e. The number of hydrogen-bond donors (Lipinski definition) is 1. The highest BCUT2D eigenvalue weighted by Crippen LogP contribution is 2.29. The third-order valence-electron chi connectivity index (χ3n) is 3.69. The molecular weight excluding hydrogens is 339 g/mol. The van der Waals surface area contributed by atoms with Crippen LogP contribution in [0.1, 0.15) is 11.1 Å². The second-order valence-corrected chi connectivity index (χ2v) is 5.86. The molecule has 0 saturated carbocycles. The molecule has 7 nitrogen and oxygen atoms in total. The lowest BCUT2D eigenvalue weighted by Crippen LogP contribution is -2.15. The highest BCUT2D eigenvalue weighted by Gasteiger charge is 2.25. The van der Waals surface area contributed by atoms with Crippen LogP contribution in [0.5, 0.6) is 0 Å². The number of benzodiazepines with no additional fused rings is 1. The molecule has 0 saturated heterocycles. The van der Waals surface area contributed by atoms with E-state index in [2.05, 4.69) is 10.3 Å². The van der Waals surface area contributed by atoms with Gasteiger partial charge in [-0.25, -0.2) is 9.38 Å². The summed E-state index contributed by atoms with van der Waals surface area (Å²) in [4.78, 5) is 29.0. The summed E-state index contributed by atoms with van der Waals surface area (Å²) in [5.74, 6) is -1.03. The number of hydrogen-bond acceptors (Lipinski definition) is 5. The smallest absolute Gasteiger partial charge is 0.275 e. The number of nitrogens with zero attached hydrogens (tertiary/aromatic N) is 3. The summed E-state index contributed by atoms with van der Waals surface area (Å²) < 4.78 is 14.4. The summed E-state index contributed by atoms with van der Waals surface area (Å²) in [6.45, 7) is 0. The van der Waals surface area contributed by atoms with Crippen molar-refractivity contribution in [3.8, 4) is 0 Å². The number of carbonyl (C=O) groups is 1. The normalized spacial score (nSPS) is 15.0. The lowest BCUT2D eigenvalue weighted by molar-refractivity contribution is -0.384. The van der Waals surface area contributed by atoms with Gasteiger partial charge in [-0.15, -0.1) is 0 Å². The Kier molecular flexibility index (Phi) is 4.49. The average molecular weight is 354 g/mol. The fourth-order valence-corrected chi connectivity index (χ4v) is 2.56. The van der Waals surface area contributed by atoms with E-state index < -0.39 is 16.6 Å². The van der Waals surface area contributed by atoms with Crippen LogP contribution in [0.3, 0.4) is 0 Å². The Balaban J connectivity index is 2.31. The van der Waals surface area contributed by atoms with E-state index in [9.17, 15) is 19.3 Å². The molecule has 0 spiro atoms. The maximum absolute atomic E-state index is 14.4. The van der Waals surface area contributed by atoms with E-state index in [1.54, 1.807) is 25.1 Å². The molecule has 0 bridgehead atoms. The summed E-state index contributed by atoms with van der Waals surface area (Å²) in [6.07, 6.45) is 1.50. The van der Waals surface area contributed by atoms with Crippen LogP contribution in [0, 0.1) is 15.9 Å². The molecule has 2 aromatic carbocycles. The zero-order chi connectivity index (χ0) is 18.8. The van der Waals surface area contributed by atoms with Crippen molar-refractivity contribution in [1.29, 1.82) is 0 Å². The molecule has 0 atom stereocenters. The van der Waals surface area contributed by atoms with Crippen LogP contribution < -0.4 is 5.32 Å². The van der Waals surface area contributed by atoms with Crippen LogP contribution in [0.15, 0.2) is 59.4 Å². The Bertz CT molecular complexity index is 967. The molecule has 0 unspecified atom stereocenters. The third-order valence-corrected chi connectivity index (χ3v) is 3.69. The molecule has 3 rings (SSSR count). The van der Waals surface area contributed by atoms with Gasteiger partial charge in [-0.05, 0) is 18.2 Å². The Morgan fingerprint density at radius 3 is 2.58 bits per heavy atom. The van der Waals surface area contributed by atoms with Gasteiger partial charge in [0, 0.05) is 43.6 Å². The Morgan fingerprint density at radius 2 is 1.92 bits per heavy atom. The van der Waals surface area contributed by atoms with Crippen molar-refractivity contribution in [3.05, 3.63) is 81.4 Å². The van der Waals surface area contributed by atoms with Crippen LogP contribution in [0.2, 0.25) is 0 Å². The number of halogens is 1. The van der Waals surface area contributed by atoms with E-state index in [1.807, 2.05) is 0 Å². The number of non-ortho nitro benzene ring substituents is 1. The van der Waals surface area contributed by atoms with Gasteiger partial charge in [-0.3, -0.25) is 14.9 Å². The number of rotatable bonds is 3. The van der Waals surface area contributed by atoms with Gasteiger partial charge in [0.1, 0.15) is 11.5 Å². The van der Waals surface area contributed by atoms with Crippen molar-refractivity contribution in [2.24, 2.45) is 4.99 Å². The first-order valence-corrected chi connectivity index (χ1v) is 7.69. The summed E-state index contributed by atoms with van der Waals surface area (Å²) in [6, 6.07) is 9.92. The van der Waals surface area contributed by atoms with Crippen LogP contribution in [-0.2, 0) is 4.79 Å². The Hall–Kier alpha value is -3.55. The van der Waals surface area contributed by atoms with E-state index in [-0.39, 0.29) is 28.2 Å². The van der Waals surface area contributed by atoms with Gasteiger partial charge < -0.3 is 10.2 Å². The predicted molar refractivity (Wildman–Crippen MR) is 95.5 cm³/mol. The SMILES string of the molecule is CN(C)C=C1N=C(c2ccccc2F)c2cc([N+](=O)[O-])ccc2NC1=O. The molecule has 1 heterocycles. The fraction of sp³-hybridized carbons (Fsp3) is 0.111. The summed E-state index contributed by atoms with van der Waals surface area (Å²) in [7, 11) is 3.45. The number of benzene rings is 2. The molecular formula is C18H15FN4O3. The molecule has 0 radical (unpaired) electrons. The number of nitro benzene ring substituents is 1.